The fourth-order valence-corrected chi connectivity index (χ4v) is 2.60. The van der Waals surface area contributed by atoms with Gasteiger partial charge in [-0.2, -0.15) is 4.68 Å². The molecular weight excluding hydrogens is 336 g/mol. The van der Waals surface area contributed by atoms with Gasteiger partial charge in [-0.1, -0.05) is 47.7 Å². The molecule has 132 valence electrons. The zero-order valence-corrected chi connectivity index (χ0v) is 13.7. The maximum Gasteiger partial charge on any atom is 0.305 e. The van der Waals surface area contributed by atoms with Crippen LogP contribution >= 0.6 is 0 Å². The van der Waals surface area contributed by atoms with Crippen molar-refractivity contribution >= 4 is 22.8 Å². The molecule has 8 heteroatoms. The number of benzene rings is 2. The Bertz CT molecular complexity index is 1000. The molecule has 1 atom stereocenters. The average Bonchev–Trinajstić information content (AvgIpc) is 2.65. The number of carboxylic acids is 1. The number of hydrogen-bond acceptors (Lipinski definition) is 5. The van der Waals surface area contributed by atoms with Gasteiger partial charge in [0.1, 0.15) is 5.52 Å². The quantitative estimate of drug-likeness (QED) is 0.683. The van der Waals surface area contributed by atoms with Crippen LogP contribution in [-0.4, -0.2) is 38.5 Å². The Kier molecular flexibility index (Phi) is 5.02. The Hall–Kier alpha value is -3.55. The average molecular weight is 352 g/mol. The lowest BCUT2D eigenvalue weighted by Crippen LogP contribution is -2.40. The van der Waals surface area contributed by atoms with Crippen LogP contribution in [0.5, 0.6) is 0 Å². The minimum atomic E-state index is -1.05. The van der Waals surface area contributed by atoms with Gasteiger partial charge in [0.05, 0.1) is 11.8 Å². The number of carboxylic acid groups (broad SMARTS) is 1. The van der Waals surface area contributed by atoms with Crippen LogP contribution in [0.1, 0.15) is 18.0 Å². The zero-order valence-electron chi connectivity index (χ0n) is 13.7. The van der Waals surface area contributed by atoms with Crippen LogP contribution in [0.25, 0.3) is 10.9 Å². The third-order valence-electron chi connectivity index (χ3n) is 3.84. The zero-order chi connectivity index (χ0) is 18.5. The Morgan fingerprint density at radius 2 is 1.77 bits per heavy atom. The molecule has 3 aromatic rings. The predicted octanol–water partition coefficient (Wildman–Crippen LogP) is 0.972. The number of fused-ring (bicyclic) bond motifs is 1. The van der Waals surface area contributed by atoms with Gasteiger partial charge in [0.25, 0.3) is 5.56 Å². The summed E-state index contributed by atoms with van der Waals surface area (Å²) in [6.07, 6.45) is -0.217. The van der Waals surface area contributed by atoms with E-state index in [1.807, 2.05) is 0 Å². The normalized spacial score (nSPS) is 11.8. The molecule has 0 aliphatic heterocycles. The molecule has 0 radical (unpaired) electrons. The van der Waals surface area contributed by atoms with E-state index < -0.39 is 23.5 Å². The molecule has 0 aliphatic carbocycles. The summed E-state index contributed by atoms with van der Waals surface area (Å²) in [5.41, 5.74) is 0.539. The Morgan fingerprint density at radius 1 is 1.08 bits per heavy atom. The predicted molar refractivity (Wildman–Crippen MR) is 93.6 cm³/mol. The molecule has 2 N–H and O–H groups in total. The summed E-state index contributed by atoms with van der Waals surface area (Å²) in [5.74, 6) is -1.55. The minimum Gasteiger partial charge on any atom is -0.481 e. The molecule has 3 rings (SSSR count). The number of nitrogens with one attached hydrogen (secondary N) is 1. The molecule has 0 spiro atoms. The molecule has 26 heavy (non-hydrogen) atoms. The van der Waals surface area contributed by atoms with Gasteiger partial charge in [0, 0.05) is 6.54 Å². The first-order valence-corrected chi connectivity index (χ1v) is 7.96. The summed E-state index contributed by atoms with van der Waals surface area (Å²) < 4.78 is 1.02. The van der Waals surface area contributed by atoms with Gasteiger partial charge in [0.15, 0.2) is 6.04 Å². The Balaban J connectivity index is 2.04. The van der Waals surface area contributed by atoms with Crippen molar-refractivity contribution in [1.29, 1.82) is 0 Å². The SMILES string of the molecule is O=C(O)CCNC(=O)C(c1ccccc1)n1nnc2ccccc2c1=O. The van der Waals surface area contributed by atoms with E-state index in [1.165, 1.54) is 0 Å². The molecule has 0 fully saturated rings. The fourth-order valence-electron chi connectivity index (χ4n) is 2.60. The van der Waals surface area contributed by atoms with Crippen molar-refractivity contribution in [2.75, 3.05) is 6.54 Å². The molecule has 2 aromatic carbocycles. The largest absolute Gasteiger partial charge is 0.481 e. The molecule has 0 aliphatic rings. The lowest BCUT2D eigenvalue weighted by molar-refractivity contribution is -0.137. The molecule has 0 bridgehead atoms. The summed E-state index contributed by atoms with van der Waals surface area (Å²) in [6, 6.07) is 14.4. The molecule has 1 amide bonds. The standard InChI is InChI=1S/C18H16N4O4/c23-15(24)10-11-19-17(25)16(12-6-2-1-3-7-12)22-18(26)13-8-4-5-9-14(13)20-21-22/h1-9,16H,10-11H2,(H,19,25)(H,23,24). The van der Waals surface area contributed by atoms with E-state index in [4.69, 9.17) is 5.11 Å². The number of carbonyl (C=O) groups is 2. The molecule has 0 saturated carbocycles. The van der Waals surface area contributed by atoms with Crippen molar-refractivity contribution < 1.29 is 14.7 Å². The number of rotatable bonds is 6. The molecule has 1 heterocycles. The van der Waals surface area contributed by atoms with Crippen molar-refractivity contribution in [3.05, 3.63) is 70.5 Å². The highest BCUT2D eigenvalue weighted by Gasteiger charge is 2.25. The summed E-state index contributed by atoms with van der Waals surface area (Å²) in [4.78, 5) is 36.2. The maximum absolute atomic E-state index is 12.8. The highest BCUT2D eigenvalue weighted by atomic mass is 16.4. The second kappa shape index (κ2) is 7.56. The number of nitrogens with zero attached hydrogens (tertiary/aromatic N) is 3. The van der Waals surface area contributed by atoms with E-state index >= 15 is 0 Å². The van der Waals surface area contributed by atoms with Gasteiger partial charge in [-0.25, -0.2) is 0 Å². The third-order valence-corrected chi connectivity index (χ3v) is 3.84. The second-order valence-electron chi connectivity index (χ2n) is 5.60. The summed E-state index contributed by atoms with van der Waals surface area (Å²) >= 11 is 0. The summed E-state index contributed by atoms with van der Waals surface area (Å²) in [7, 11) is 0. The van der Waals surface area contributed by atoms with Gasteiger partial charge in [-0.15, -0.1) is 5.10 Å². The number of carbonyl (C=O) groups excluding carboxylic acids is 1. The van der Waals surface area contributed by atoms with Gasteiger partial charge in [-0.05, 0) is 17.7 Å². The Morgan fingerprint density at radius 3 is 2.50 bits per heavy atom. The van der Waals surface area contributed by atoms with Crippen LogP contribution in [0.2, 0.25) is 0 Å². The van der Waals surface area contributed by atoms with Crippen LogP contribution in [0.4, 0.5) is 0 Å². The first-order chi connectivity index (χ1) is 12.6. The van der Waals surface area contributed by atoms with Gasteiger partial charge >= 0.3 is 5.97 Å². The van der Waals surface area contributed by atoms with Crippen molar-refractivity contribution in [2.45, 2.75) is 12.5 Å². The van der Waals surface area contributed by atoms with Crippen LogP contribution < -0.4 is 10.9 Å². The lowest BCUT2D eigenvalue weighted by atomic mass is 10.1. The minimum absolute atomic E-state index is 0.0484. The van der Waals surface area contributed by atoms with E-state index in [1.54, 1.807) is 54.6 Å². The molecule has 8 nitrogen and oxygen atoms in total. The van der Waals surface area contributed by atoms with E-state index in [0.29, 0.717) is 16.5 Å². The smallest absolute Gasteiger partial charge is 0.305 e. The highest BCUT2D eigenvalue weighted by Crippen LogP contribution is 2.17. The van der Waals surface area contributed by atoms with E-state index in [9.17, 15) is 14.4 Å². The topological polar surface area (TPSA) is 114 Å². The van der Waals surface area contributed by atoms with Gasteiger partial charge < -0.3 is 10.4 Å². The van der Waals surface area contributed by atoms with Crippen molar-refractivity contribution in [3.8, 4) is 0 Å². The van der Waals surface area contributed by atoms with Crippen molar-refractivity contribution in [1.82, 2.24) is 20.3 Å². The van der Waals surface area contributed by atoms with E-state index in [2.05, 4.69) is 15.6 Å². The summed E-state index contributed by atoms with van der Waals surface area (Å²) in [6.45, 7) is -0.0484. The molecule has 1 aromatic heterocycles. The highest BCUT2D eigenvalue weighted by molar-refractivity contribution is 5.84. The second-order valence-corrected chi connectivity index (χ2v) is 5.60. The fraction of sp³-hybridized carbons (Fsp3) is 0.167. The number of aromatic nitrogens is 3. The van der Waals surface area contributed by atoms with Gasteiger partial charge in [0.2, 0.25) is 5.91 Å². The van der Waals surface area contributed by atoms with Crippen LogP contribution in [0, 0.1) is 0 Å². The lowest BCUT2D eigenvalue weighted by Gasteiger charge is -2.18. The molecule has 1 unspecified atom stereocenters. The maximum atomic E-state index is 12.8. The van der Waals surface area contributed by atoms with Crippen LogP contribution in [-0.2, 0) is 9.59 Å². The first kappa shape index (κ1) is 17.3. The summed E-state index contributed by atoms with van der Waals surface area (Å²) in [5, 5.41) is 19.6. The monoisotopic (exact) mass is 352 g/mol. The first-order valence-electron chi connectivity index (χ1n) is 7.96. The Labute approximate surface area is 148 Å². The van der Waals surface area contributed by atoms with Crippen LogP contribution in [0.15, 0.2) is 59.4 Å². The number of amides is 1. The third kappa shape index (κ3) is 3.59. The number of aliphatic carboxylic acids is 1. The molecule has 0 saturated heterocycles. The van der Waals surface area contributed by atoms with Crippen molar-refractivity contribution in [2.24, 2.45) is 0 Å². The van der Waals surface area contributed by atoms with Gasteiger partial charge in [-0.3, -0.25) is 14.4 Å². The van der Waals surface area contributed by atoms with Crippen LogP contribution in [0.3, 0.4) is 0 Å². The van der Waals surface area contributed by atoms with E-state index in [-0.39, 0.29) is 13.0 Å². The van der Waals surface area contributed by atoms with Crippen molar-refractivity contribution in [3.63, 3.8) is 0 Å². The van der Waals surface area contributed by atoms with E-state index in [0.717, 1.165) is 4.68 Å². The molecular formula is C18H16N4O4. The number of hydrogen-bond donors (Lipinski definition) is 2.